The number of hydrogen-bond acceptors (Lipinski definition) is 5. The van der Waals surface area contributed by atoms with E-state index in [-0.39, 0.29) is 17.7 Å². The van der Waals surface area contributed by atoms with Crippen molar-refractivity contribution in [3.8, 4) is 11.4 Å². The van der Waals surface area contributed by atoms with Crippen LogP contribution < -0.4 is 10.1 Å². The number of amides is 1. The number of methoxy groups -OCH3 is 1. The smallest absolute Gasteiger partial charge is 0.230 e. The average Bonchev–Trinajstić information content (AvgIpc) is 3.07. The molecule has 1 unspecified atom stereocenters. The molecule has 1 aromatic heterocycles. The Morgan fingerprint density at radius 1 is 1.21 bits per heavy atom. The normalized spacial score (nSPS) is 11.9. The molecule has 146 valence electrons. The van der Waals surface area contributed by atoms with Crippen molar-refractivity contribution in [1.29, 1.82) is 0 Å². The number of rotatable bonds is 7. The van der Waals surface area contributed by atoms with Crippen LogP contribution in [0.2, 0.25) is 0 Å². The van der Waals surface area contributed by atoms with Gasteiger partial charge >= 0.3 is 0 Å². The molecule has 0 saturated heterocycles. The van der Waals surface area contributed by atoms with Gasteiger partial charge in [-0.3, -0.25) is 9.36 Å². The van der Waals surface area contributed by atoms with E-state index in [2.05, 4.69) is 31.4 Å². The number of benzene rings is 2. The second-order valence-electron chi connectivity index (χ2n) is 6.16. The minimum atomic E-state index is -0.0927. The van der Waals surface area contributed by atoms with Gasteiger partial charge in [0.25, 0.3) is 0 Å². The summed E-state index contributed by atoms with van der Waals surface area (Å²) < 4.78 is 8.11. The SMILES string of the molecule is COc1ccc(-n2c(C)nnc2SCC(=O)NC(C)c2ccccc2Br)cc1. The van der Waals surface area contributed by atoms with Crippen molar-refractivity contribution < 1.29 is 9.53 Å². The molecule has 0 radical (unpaired) electrons. The number of aryl methyl sites for hydroxylation is 1. The number of ether oxygens (including phenoxy) is 1. The Kier molecular flexibility index (Phi) is 6.74. The van der Waals surface area contributed by atoms with Crippen molar-refractivity contribution in [2.45, 2.75) is 25.0 Å². The molecule has 28 heavy (non-hydrogen) atoms. The molecule has 0 aliphatic carbocycles. The molecule has 0 aliphatic heterocycles. The lowest BCUT2D eigenvalue weighted by Gasteiger charge is -2.15. The predicted molar refractivity (Wildman–Crippen MR) is 114 cm³/mol. The molecular weight excluding hydrogens is 440 g/mol. The third-order valence-corrected chi connectivity index (χ3v) is 5.86. The van der Waals surface area contributed by atoms with Gasteiger partial charge in [-0.1, -0.05) is 45.9 Å². The maximum Gasteiger partial charge on any atom is 0.230 e. The van der Waals surface area contributed by atoms with Gasteiger partial charge in [0.15, 0.2) is 5.16 Å². The van der Waals surface area contributed by atoms with E-state index >= 15 is 0 Å². The molecule has 2 aromatic carbocycles. The summed E-state index contributed by atoms with van der Waals surface area (Å²) in [5, 5.41) is 12.1. The van der Waals surface area contributed by atoms with Gasteiger partial charge in [0.05, 0.1) is 18.9 Å². The molecule has 1 atom stereocenters. The van der Waals surface area contributed by atoms with Crippen LogP contribution in [0, 0.1) is 6.92 Å². The molecule has 1 N–H and O–H groups in total. The first-order chi connectivity index (χ1) is 13.5. The largest absolute Gasteiger partial charge is 0.497 e. The van der Waals surface area contributed by atoms with Gasteiger partial charge in [0.1, 0.15) is 11.6 Å². The molecule has 0 bridgehead atoms. The monoisotopic (exact) mass is 460 g/mol. The number of thioether (sulfide) groups is 1. The molecule has 8 heteroatoms. The van der Waals surface area contributed by atoms with Crippen molar-refractivity contribution in [2.24, 2.45) is 0 Å². The number of hydrogen-bond donors (Lipinski definition) is 1. The predicted octanol–water partition coefficient (Wildman–Crippen LogP) is 4.32. The highest BCUT2D eigenvalue weighted by molar-refractivity contribution is 9.10. The summed E-state index contributed by atoms with van der Waals surface area (Å²) in [5.41, 5.74) is 1.96. The van der Waals surface area contributed by atoms with Gasteiger partial charge in [-0.15, -0.1) is 10.2 Å². The van der Waals surface area contributed by atoms with Crippen LogP contribution in [0.15, 0.2) is 58.2 Å². The van der Waals surface area contributed by atoms with Crippen LogP contribution in [-0.4, -0.2) is 33.5 Å². The summed E-state index contributed by atoms with van der Waals surface area (Å²) in [4.78, 5) is 12.4. The van der Waals surface area contributed by atoms with Crippen LogP contribution in [0.4, 0.5) is 0 Å². The summed E-state index contributed by atoms with van der Waals surface area (Å²) >= 11 is 4.88. The topological polar surface area (TPSA) is 69.0 Å². The van der Waals surface area contributed by atoms with Crippen molar-refractivity contribution >= 4 is 33.6 Å². The zero-order chi connectivity index (χ0) is 20.1. The molecule has 0 spiro atoms. The molecule has 3 rings (SSSR count). The maximum absolute atomic E-state index is 12.4. The van der Waals surface area contributed by atoms with E-state index in [1.807, 2.05) is 66.9 Å². The highest BCUT2D eigenvalue weighted by Crippen LogP contribution is 2.25. The van der Waals surface area contributed by atoms with Crippen molar-refractivity contribution in [3.63, 3.8) is 0 Å². The van der Waals surface area contributed by atoms with E-state index < -0.39 is 0 Å². The number of aromatic nitrogens is 3. The minimum Gasteiger partial charge on any atom is -0.497 e. The molecule has 0 fully saturated rings. The molecule has 6 nitrogen and oxygen atoms in total. The van der Waals surface area contributed by atoms with Crippen LogP contribution >= 0.6 is 27.7 Å². The van der Waals surface area contributed by atoms with Gasteiger partial charge in [-0.05, 0) is 49.7 Å². The van der Waals surface area contributed by atoms with E-state index in [1.165, 1.54) is 11.8 Å². The van der Waals surface area contributed by atoms with Crippen LogP contribution in [0.3, 0.4) is 0 Å². The lowest BCUT2D eigenvalue weighted by molar-refractivity contribution is -0.119. The van der Waals surface area contributed by atoms with E-state index in [9.17, 15) is 4.79 Å². The fourth-order valence-corrected chi connectivity index (χ4v) is 4.22. The van der Waals surface area contributed by atoms with Crippen LogP contribution in [0.1, 0.15) is 24.4 Å². The molecular formula is C20H21BrN4O2S. The van der Waals surface area contributed by atoms with Crippen LogP contribution in [0.5, 0.6) is 5.75 Å². The van der Waals surface area contributed by atoms with Crippen LogP contribution in [-0.2, 0) is 4.79 Å². The fourth-order valence-electron chi connectivity index (χ4n) is 2.78. The van der Waals surface area contributed by atoms with Gasteiger partial charge < -0.3 is 10.1 Å². The Balaban J connectivity index is 1.66. The summed E-state index contributed by atoms with van der Waals surface area (Å²) in [7, 11) is 1.63. The number of carbonyl (C=O) groups is 1. The number of halogens is 1. The first-order valence-corrected chi connectivity index (χ1v) is 10.5. The summed E-state index contributed by atoms with van der Waals surface area (Å²) in [5.74, 6) is 1.73. The Morgan fingerprint density at radius 2 is 1.93 bits per heavy atom. The highest BCUT2D eigenvalue weighted by Gasteiger charge is 2.16. The number of nitrogens with zero attached hydrogens (tertiary/aromatic N) is 3. The Morgan fingerprint density at radius 3 is 2.61 bits per heavy atom. The first kappa shape index (κ1) is 20.4. The first-order valence-electron chi connectivity index (χ1n) is 8.72. The lowest BCUT2D eigenvalue weighted by atomic mass is 10.1. The molecule has 0 aliphatic rings. The summed E-state index contributed by atoms with van der Waals surface area (Å²) in [6, 6.07) is 15.4. The van der Waals surface area contributed by atoms with Crippen molar-refractivity contribution in [3.05, 3.63) is 64.4 Å². The van der Waals surface area contributed by atoms with E-state index in [1.54, 1.807) is 7.11 Å². The fraction of sp³-hybridized carbons (Fsp3) is 0.250. The van der Waals surface area contributed by atoms with Crippen molar-refractivity contribution in [2.75, 3.05) is 12.9 Å². The van der Waals surface area contributed by atoms with E-state index in [0.29, 0.717) is 5.16 Å². The van der Waals surface area contributed by atoms with Gasteiger partial charge in [0, 0.05) is 10.2 Å². The zero-order valence-corrected chi connectivity index (χ0v) is 18.3. The number of nitrogens with one attached hydrogen (secondary N) is 1. The van der Waals surface area contributed by atoms with E-state index in [0.717, 1.165) is 27.3 Å². The highest BCUT2D eigenvalue weighted by atomic mass is 79.9. The van der Waals surface area contributed by atoms with Gasteiger partial charge in [-0.2, -0.15) is 0 Å². The third-order valence-electron chi connectivity index (χ3n) is 4.21. The van der Waals surface area contributed by atoms with Gasteiger partial charge in [0.2, 0.25) is 5.91 Å². The summed E-state index contributed by atoms with van der Waals surface area (Å²) in [6.45, 7) is 3.85. The lowest BCUT2D eigenvalue weighted by Crippen LogP contribution is -2.28. The quantitative estimate of drug-likeness (QED) is 0.531. The standard InChI is InChI=1S/C20H21BrN4O2S/c1-13(17-6-4-5-7-18(17)21)22-19(26)12-28-20-24-23-14(2)25(20)15-8-10-16(27-3)11-9-15/h4-11,13H,12H2,1-3H3,(H,22,26). The summed E-state index contributed by atoms with van der Waals surface area (Å²) in [6.07, 6.45) is 0. The molecule has 0 saturated carbocycles. The second kappa shape index (κ2) is 9.25. The zero-order valence-electron chi connectivity index (χ0n) is 15.8. The van der Waals surface area contributed by atoms with Gasteiger partial charge in [-0.25, -0.2) is 0 Å². The minimum absolute atomic E-state index is 0.0600. The second-order valence-corrected chi connectivity index (χ2v) is 7.96. The molecule has 1 amide bonds. The average molecular weight is 461 g/mol. The number of carbonyl (C=O) groups excluding carboxylic acids is 1. The maximum atomic E-state index is 12.4. The third kappa shape index (κ3) is 4.74. The van der Waals surface area contributed by atoms with Crippen LogP contribution in [0.25, 0.3) is 5.69 Å². The molecule has 3 aromatic rings. The molecule has 1 heterocycles. The Bertz CT molecular complexity index is 959. The Hall–Kier alpha value is -2.32. The van der Waals surface area contributed by atoms with E-state index in [4.69, 9.17) is 4.74 Å². The van der Waals surface area contributed by atoms with Crippen molar-refractivity contribution in [1.82, 2.24) is 20.1 Å². The Labute approximate surface area is 176 Å².